The Morgan fingerprint density at radius 1 is 1.21 bits per heavy atom. The van der Waals surface area contributed by atoms with Crippen LogP contribution in [0.2, 0.25) is 0 Å². The SMILES string of the molecule is CCCCCCO[C@@H]1[C@H](C=O)[C@@H]([C@@H](O[C@H]2OC(C(=O)N[C@H]3CCC[C@@H](C)NC3=O)=C[C@H](O)[C@@H]2O)C(N)=O)O[C@H]1n1ccc(=O)[nH]c1=O. The van der Waals surface area contributed by atoms with E-state index in [9.17, 15) is 39.0 Å². The number of unbranched alkanes of at least 4 members (excludes halogenated alkanes) is 3. The first-order chi connectivity index (χ1) is 22.4. The number of H-pyrrole nitrogens is 1. The summed E-state index contributed by atoms with van der Waals surface area (Å²) in [5.74, 6) is -4.17. The van der Waals surface area contributed by atoms with Gasteiger partial charge in [-0.3, -0.25) is 28.7 Å². The summed E-state index contributed by atoms with van der Waals surface area (Å²) in [6, 6.07) is 0.114. The standard InChI is InChI=1S/C30H43N5O12/c1-3-4-5-6-12-44-23-16(14-36)22(46-28(23)35-11-10-20(38)34-30(35)43)24(25(31)40)47-29-21(39)18(37)13-19(45-29)27(42)33-17-9-7-8-15(2)32-26(17)41/h10-11,13-18,21-24,28-29,37,39H,3-9,12H2,1-2H3,(H2,31,40)(H,32,41)(H,33,42)(H,34,38,43)/t15-,16-,17+,18+,21+,22+,23-,24-,28-,29-/m1/s1. The Morgan fingerprint density at radius 3 is 2.66 bits per heavy atom. The fourth-order valence-electron chi connectivity index (χ4n) is 5.81. The Balaban J connectivity index is 1.55. The van der Waals surface area contributed by atoms with E-state index in [0.717, 1.165) is 48.6 Å². The van der Waals surface area contributed by atoms with E-state index in [-0.39, 0.29) is 12.6 Å². The molecule has 0 bridgehead atoms. The minimum Gasteiger partial charge on any atom is -0.456 e. The minimum atomic E-state index is -1.87. The maximum atomic E-state index is 13.1. The van der Waals surface area contributed by atoms with Crippen LogP contribution in [0.4, 0.5) is 0 Å². The third kappa shape index (κ3) is 8.72. The molecule has 0 spiro atoms. The van der Waals surface area contributed by atoms with Crippen molar-refractivity contribution in [1.29, 1.82) is 0 Å². The van der Waals surface area contributed by atoms with Gasteiger partial charge in [0.25, 0.3) is 11.5 Å². The number of aldehydes is 1. The Kier molecular flexibility index (Phi) is 12.4. The van der Waals surface area contributed by atoms with Gasteiger partial charge in [0.2, 0.25) is 18.1 Å². The number of carbonyl (C=O) groups is 4. The molecule has 2 fully saturated rings. The molecule has 3 aliphatic heterocycles. The van der Waals surface area contributed by atoms with Crippen LogP contribution in [0, 0.1) is 5.92 Å². The molecular weight excluding hydrogens is 622 g/mol. The molecule has 0 saturated carbocycles. The van der Waals surface area contributed by atoms with E-state index in [1.54, 1.807) is 0 Å². The van der Waals surface area contributed by atoms with Gasteiger partial charge in [-0.15, -0.1) is 0 Å². The number of aromatic amines is 1. The molecule has 4 rings (SSSR count). The number of amides is 3. The van der Waals surface area contributed by atoms with Crippen LogP contribution in [0.15, 0.2) is 33.7 Å². The molecule has 17 heteroatoms. The molecule has 0 unspecified atom stereocenters. The third-order valence-corrected chi connectivity index (χ3v) is 8.34. The molecule has 4 heterocycles. The summed E-state index contributed by atoms with van der Waals surface area (Å²) < 4.78 is 24.3. The van der Waals surface area contributed by atoms with Crippen LogP contribution < -0.4 is 27.6 Å². The van der Waals surface area contributed by atoms with E-state index in [1.807, 2.05) is 13.8 Å². The monoisotopic (exact) mass is 665 g/mol. The molecule has 1 aromatic heterocycles. The van der Waals surface area contributed by atoms with Crippen LogP contribution >= 0.6 is 0 Å². The number of nitrogens with zero attached hydrogens (tertiary/aromatic N) is 1. The first kappa shape index (κ1) is 35.9. The maximum Gasteiger partial charge on any atom is 0.330 e. The fraction of sp³-hybridized carbons (Fsp3) is 0.667. The number of hydrogen-bond acceptors (Lipinski definition) is 12. The highest BCUT2D eigenvalue weighted by Crippen LogP contribution is 2.38. The van der Waals surface area contributed by atoms with Gasteiger partial charge in [-0.2, -0.15) is 0 Å². The van der Waals surface area contributed by atoms with Crippen molar-refractivity contribution in [3.8, 4) is 0 Å². The van der Waals surface area contributed by atoms with Gasteiger partial charge in [-0.1, -0.05) is 26.2 Å². The minimum absolute atomic E-state index is 0.0727. The highest BCUT2D eigenvalue weighted by Gasteiger charge is 2.53. The van der Waals surface area contributed by atoms with Gasteiger partial charge in [0, 0.05) is 24.9 Å². The van der Waals surface area contributed by atoms with E-state index in [4.69, 9.17) is 24.7 Å². The first-order valence-electron chi connectivity index (χ1n) is 15.8. The number of aliphatic hydroxyl groups excluding tert-OH is 2. The van der Waals surface area contributed by atoms with Crippen molar-refractivity contribution in [2.45, 2.75) is 114 Å². The van der Waals surface area contributed by atoms with E-state index in [1.165, 1.54) is 0 Å². The molecule has 3 amide bonds. The molecule has 47 heavy (non-hydrogen) atoms. The lowest BCUT2D eigenvalue weighted by molar-refractivity contribution is -0.238. The maximum absolute atomic E-state index is 13.1. The zero-order valence-corrected chi connectivity index (χ0v) is 26.2. The summed E-state index contributed by atoms with van der Waals surface area (Å²) in [4.78, 5) is 77.4. The third-order valence-electron chi connectivity index (χ3n) is 8.34. The van der Waals surface area contributed by atoms with Crippen molar-refractivity contribution < 1.29 is 48.3 Å². The summed E-state index contributed by atoms with van der Waals surface area (Å²) in [5.41, 5.74) is 4.13. The molecule has 10 atom stereocenters. The normalized spacial score (nSPS) is 31.5. The van der Waals surface area contributed by atoms with Crippen LogP contribution in [0.25, 0.3) is 0 Å². The lowest BCUT2D eigenvalue weighted by atomic mass is 9.95. The van der Waals surface area contributed by atoms with Crippen molar-refractivity contribution in [3.05, 3.63) is 44.9 Å². The van der Waals surface area contributed by atoms with Crippen LogP contribution in [0.5, 0.6) is 0 Å². The Morgan fingerprint density at radius 2 is 1.98 bits per heavy atom. The number of nitrogens with one attached hydrogen (secondary N) is 3. The van der Waals surface area contributed by atoms with Crippen molar-refractivity contribution >= 4 is 24.0 Å². The van der Waals surface area contributed by atoms with E-state index >= 15 is 0 Å². The van der Waals surface area contributed by atoms with Crippen LogP contribution in [0.1, 0.15) is 65.0 Å². The van der Waals surface area contributed by atoms with Crippen molar-refractivity contribution in [2.24, 2.45) is 11.7 Å². The fourth-order valence-corrected chi connectivity index (χ4v) is 5.81. The molecule has 1 aromatic rings. The molecule has 260 valence electrons. The highest BCUT2D eigenvalue weighted by atomic mass is 16.7. The van der Waals surface area contributed by atoms with E-state index in [2.05, 4.69) is 15.6 Å². The van der Waals surface area contributed by atoms with Gasteiger partial charge in [0.05, 0.1) is 5.92 Å². The smallest absolute Gasteiger partial charge is 0.330 e. The number of aliphatic hydroxyl groups is 2. The lowest BCUT2D eigenvalue weighted by Crippen LogP contribution is -2.53. The van der Waals surface area contributed by atoms with Gasteiger partial charge in [-0.25, -0.2) is 4.79 Å². The van der Waals surface area contributed by atoms with Gasteiger partial charge in [0.15, 0.2) is 18.1 Å². The molecule has 0 aliphatic carbocycles. The zero-order chi connectivity index (χ0) is 34.2. The lowest BCUT2D eigenvalue weighted by Gasteiger charge is -2.35. The zero-order valence-electron chi connectivity index (χ0n) is 26.2. The summed E-state index contributed by atoms with van der Waals surface area (Å²) >= 11 is 0. The van der Waals surface area contributed by atoms with Crippen LogP contribution in [0.3, 0.4) is 0 Å². The molecule has 2 saturated heterocycles. The molecule has 0 aromatic carbocycles. The van der Waals surface area contributed by atoms with Gasteiger partial charge >= 0.3 is 5.69 Å². The summed E-state index contributed by atoms with van der Waals surface area (Å²) in [6.45, 7) is 4.06. The molecular formula is C30H43N5O12. The average molecular weight is 666 g/mol. The number of rotatable bonds is 14. The predicted molar refractivity (Wildman–Crippen MR) is 161 cm³/mol. The number of hydrogen-bond donors (Lipinski definition) is 6. The second-order valence-electron chi connectivity index (χ2n) is 11.9. The number of carbonyl (C=O) groups excluding carboxylic acids is 4. The summed E-state index contributed by atoms with van der Waals surface area (Å²) in [5, 5.41) is 26.5. The summed E-state index contributed by atoms with van der Waals surface area (Å²) in [6.07, 6.45) is -3.51. The van der Waals surface area contributed by atoms with Crippen molar-refractivity contribution in [2.75, 3.05) is 6.61 Å². The Labute approximate surface area is 269 Å². The van der Waals surface area contributed by atoms with Gasteiger partial charge in [0.1, 0.15) is 36.7 Å². The van der Waals surface area contributed by atoms with E-state index < -0.39 is 89.7 Å². The predicted octanol–water partition coefficient (Wildman–Crippen LogP) is -1.78. The first-order valence-corrected chi connectivity index (χ1v) is 15.8. The number of ether oxygens (including phenoxy) is 4. The average Bonchev–Trinajstić information content (AvgIpc) is 3.29. The van der Waals surface area contributed by atoms with Crippen LogP contribution in [-0.4, -0.2) is 99.3 Å². The second kappa shape index (κ2) is 16.3. The largest absolute Gasteiger partial charge is 0.456 e. The molecule has 0 radical (unpaired) electrons. The topological polar surface area (TPSA) is 251 Å². The second-order valence-corrected chi connectivity index (χ2v) is 11.9. The number of nitrogens with two attached hydrogens (primary N) is 1. The molecule has 17 nitrogen and oxygen atoms in total. The van der Waals surface area contributed by atoms with Crippen LogP contribution in [-0.2, 0) is 38.1 Å². The van der Waals surface area contributed by atoms with Crippen molar-refractivity contribution in [1.82, 2.24) is 20.2 Å². The highest BCUT2D eigenvalue weighted by molar-refractivity contribution is 5.95. The van der Waals surface area contributed by atoms with Gasteiger partial charge in [-0.05, 0) is 38.7 Å². The quantitative estimate of drug-likeness (QED) is 0.0953. The Bertz CT molecular complexity index is 1430. The van der Waals surface area contributed by atoms with Gasteiger partial charge < -0.3 is 50.3 Å². The number of primary amides is 1. The van der Waals surface area contributed by atoms with E-state index in [0.29, 0.717) is 25.5 Å². The number of aromatic nitrogens is 2. The summed E-state index contributed by atoms with van der Waals surface area (Å²) in [7, 11) is 0. The molecule has 7 N–H and O–H groups in total. The molecule has 3 aliphatic rings. The van der Waals surface area contributed by atoms with Crippen molar-refractivity contribution in [3.63, 3.8) is 0 Å². The Hall–Kier alpha value is -3.90.